The fourth-order valence-corrected chi connectivity index (χ4v) is 2.88. The van der Waals surface area contributed by atoms with Gasteiger partial charge in [0.2, 0.25) is 5.89 Å². The number of pyridine rings is 1. The van der Waals surface area contributed by atoms with Gasteiger partial charge in [0.1, 0.15) is 29.0 Å². The molecule has 0 saturated heterocycles. The molecule has 1 aromatic carbocycles. The Bertz CT molecular complexity index is 930. The molecule has 0 aliphatic carbocycles. The molecule has 0 unspecified atom stereocenters. The van der Waals surface area contributed by atoms with Crippen molar-refractivity contribution in [2.45, 2.75) is 13.0 Å². The van der Waals surface area contributed by atoms with Crippen LogP contribution in [0.25, 0.3) is 11.6 Å². The van der Waals surface area contributed by atoms with Gasteiger partial charge in [0.25, 0.3) is 0 Å². The SMILES string of the molecule is N#Cc1cc(F)ccc1N1CCc2oc(-c3ccccn3)nc2C1. The molecule has 0 atom stereocenters. The fourth-order valence-electron chi connectivity index (χ4n) is 2.88. The quantitative estimate of drug-likeness (QED) is 0.725. The van der Waals surface area contributed by atoms with Gasteiger partial charge in [-0.1, -0.05) is 6.07 Å². The first-order valence-electron chi connectivity index (χ1n) is 7.59. The summed E-state index contributed by atoms with van der Waals surface area (Å²) in [6.07, 6.45) is 2.37. The van der Waals surface area contributed by atoms with E-state index in [9.17, 15) is 9.65 Å². The van der Waals surface area contributed by atoms with E-state index in [2.05, 4.69) is 16.0 Å². The van der Waals surface area contributed by atoms with Gasteiger partial charge < -0.3 is 9.32 Å². The zero-order chi connectivity index (χ0) is 16.5. The van der Waals surface area contributed by atoms with Crippen LogP contribution in [0.3, 0.4) is 0 Å². The smallest absolute Gasteiger partial charge is 0.245 e. The first kappa shape index (κ1) is 14.4. The van der Waals surface area contributed by atoms with Crippen LogP contribution in [0.4, 0.5) is 10.1 Å². The second-order valence-corrected chi connectivity index (χ2v) is 5.55. The molecule has 3 aromatic rings. The highest BCUT2D eigenvalue weighted by Crippen LogP contribution is 2.29. The third kappa shape index (κ3) is 2.50. The first-order valence-corrected chi connectivity index (χ1v) is 7.59. The number of nitriles is 1. The number of hydrogen-bond acceptors (Lipinski definition) is 5. The van der Waals surface area contributed by atoms with Gasteiger partial charge in [-0.25, -0.2) is 9.37 Å². The molecule has 0 fully saturated rings. The fraction of sp³-hybridized carbons (Fsp3) is 0.167. The summed E-state index contributed by atoms with van der Waals surface area (Å²) in [6.45, 7) is 1.20. The van der Waals surface area contributed by atoms with Crippen LogP contribution in [0.2, 0.25) is 0 Å². The molecule has 2 aromatic heterocycles. The van der Waals surface area contributed by atoms with Gasteiger partial charge in [-0.2, -0.15) is 5.26 Å². The molecular formula is C18H13FN4O. The largest absolute Gasteiger partial charge is 0.439 e. The molecule has 0 radical (unpaired) electrons. The molecule has 4 rings (SSSR count). The van der Waals surface area contributed by atoms with Gasteiger partial charge >= 0.3 is 0 Å². The predicted octanol–water partition coefficient (Wildman–Crippen LogP) is 3.31. The summed E-state index contributed by atoms with van der Waals surface area (Å²) in [5.41, 5.74) is 2.56. The lowest BCUT2D eigenvalue weighted by Crippen LogP contribution is -2.30. The van der Waals surface area contributed by atoms with E-state index in [1.807, 2.05) is 23.1 Å². The van der Waals surface area contributed by atoms with Crippen LogP contribution in [-0.4, -0.2) is 16.5 Å². The van der Waals surface area contributed by atoms with Crippen molar-refractivity contribution >= 4 is 5.69 Å². The second kappa shape index (κ2) is 5.78. The molecule has 6 heteroatoms. The van der Waals surface area contributed by atoms with Gasteiger partial charge in [-0.05, 0) is 30.3 Å². The van der Waals surface area contributed by atoms with Crippen molar-refractivity contribution in [1.82, 2.24) is 9.97 Å². The van der Waals surface area contributed by atoms with Gasteiger partial charge in [0.05, 0.1) is 17.8 Å². The Labute approximate surface area is 138 Å². The summed E-state index contributed by atoms with van der Waals surface area (Å²) in [7, 11) is 0. The summed E-state index contributed by atoms with van der Waals surface area (Å²) >= 11 is 0. The first-order chi connectivity index (χ1) is 11.7. The minimum absolute atomic E-state index is 0.326. The van der Waals surface area contributed by atoms with Crippen molar-refractivity contribution in [3.05, 3.63) is 65.4 Å². The van der Waals surface area contributed by atoms with E-state index in [4.69, 9.17) is 4.42 Å². The van der Waals surface area contributed by atoms with Gasteiger partial charge in [-0.3, -0.25) is 4.98 Å². The number of aromatic nitrogens is 2. The Balaban J connectivity index is 1.65. The minimum Gasteiger partial charge on any atom is -0.439 e. The molecule has 0 saturated carbocycles. The maximum Gasteiger partial charge on any atom is 0.245 e. The van der Waals surface area contributed by atoms with Crippen molar-refractivity contribution in [3.63, 3.8) is 0 Å². The molecule has 1 aliphatic heterocycles. The molecule has 5 nitrogen and oxygen atoms in total. The average Bonchev–Trinajstić information content (AvgIpc) is 3.05. The molecule has 0 bridgehead atoms. The average molecular weight is 320 g/mol. The van der Waals surface area contributed by atoms with Crippen LogP contribution in [0.5, 0.6) is 0 Å². The number of nitrogens with zero attached hydrogens (tertiary/aromatic N) is 4. The van der Waals surface area contributed by atoms with Crippen LogP contribution in [-0.2, 0) is 13.0 Å². The van der Waals surface area contributed by atoms with Crippen molar-refractivity contribution in [1.29, 1.82) is 5.26 Å². The molecule has 3 heterocycles. The van der Waals surface area contributed by atoms with Crippen LogP contribution in [0, 0.1) is 17.1 Å². The summed E-state index contributed by atoms with van der Waals surface area (Å²) in [5.74, 6) is 0.932. The molecule has 24 heavy (non-hydrogen) atoms. The molecule has 118 valence electrons. The Morgan fingerprint density at radius 3 is 2.96 bits per heavy atom. The Kier molecular flexibility index (Phi) is 3.47. The minimum atomic E-state index is -0.410. The number of oxazole rings is 1. The molecular weight excluding hydrogens is 307 g/mol. The highest BCUT2D eigenvalue weighted by atomic mass is 19.1. The summed E-state index contributed by atoms with van der Waals surface area (Å²) in [4.78, 5) is 10.8. The zero-order valence-electron chi connectivity index (χ0n) is 12.7. The Morgan fingerprint density at radius 1 is 1.25 bits per heavy atom. The van der Waals surface area contributed by atoms with E-state index >= 15 is 0 Å². The van der Waals surface area contributed by atoms with Crippen LogP contribution < -0.4 is 4.90 Å². The van der Waals surface area contributed by atoms with Crippen molar-refractivity contribution < 1.29 is 8.81 Å². The van der Waals surface area contributed by atoms with E-state index in [1.54, 1.807) is 12.3 Å². The topological polar surface area (TPSA) is 66.0 Å². The standard InChI is InChI=1S/C18H13FN4O/c19-13-4-5-16(12(9-13)10-20)23-8-6-17-15(11-23)22-18(24-17)14-3-1-2-7-21-14/h1-5,7,9H,6,8,11H2. The molecule has 0 spiro atoms. The van der Waals surface area contributed by atoms with Crippen LogP contribution in [0.15, 0.2) is 47.0 Å². The monoisotopic (exact) mass is 320 g/mol. The van der Waals surface area contributed by atoms with Gasteiger partial charge in [-0.15, -0.1) is 0 Å². The number of fused-ring (bicyclic) bond motifs is 1. The predicted molar refractivity (Wildman–Crippen MR) is 85.6 cm³/mol. The summed E-state index contributed by atoms with van der Waals surface area (Å²) in [6, 6.07) is 11.9. The lowest BCUT2D eigenvalue weighted by molar-refractivity contribution is 0.498. The van der Waals surface area contributed by atoms with Crippen molar-refractivity contribution in [2.75, 3.05) is 11.4 Å². The summed E-state index contributed by atoms with van der Waals surface area (Å²) in [5, 5.41) is 9.24. The third-order valence-electron chi connectivity index (χ3n) is 4.03. The number of hydrogen-bond donors (Lipinski definition) is 0. The lowest BCUT2D eigenvalue weighted by Gasteiger charge is -2.28. The van der Waals surface area contributed by atoms with E-state index < -0.39 is 5.82 Å². The third-order valence-corrected chi connectivity index (χ3v) is 4.03. The number of anilines is 1. The highest BCUT2D eigenvalue weighted by Gasteiger charge is 2.24. The van der Waals surface area contributed by atoms with E-state index in [0.717, 1.165) is 11.5 Å². The molecule has 1 aliphatic rings. The number of benzene rings is 1. The molecule has 0 N–H and O–H groups in total. The van der Waals surface area contributed by atoms with Gasteiger partial charge in [0.15, 0.2) is 0 Å². The highest BCUT2D eigenvalue weighted by molar-refractivity contribution is 5.60. The van der Waals surface area contributed by atoms with Crippen LogP contribution >= 0.6 is 0 Å². The number of halogens is 1. The van der Waals surface area contributed by atoms with E-state index in [0.29, 0.717) is 42.3 Å². The summed E-state index contributed by atoms with van der Waals surface area (Å²) < 4.78 is 19.2. The maximum atomic E-state index is 13.3. The van der Waals surface area contributed by atoms with E-state index in [-0.39, 0.29) is 0 Å². The van der Waals surface area contributed by atoms with E-state index in [1.165, 1.54) is 12.1 Å². The zero-order valence-corrected chi connectivity index (χ0v) is 12.7. The normalized spacial score (nSPS) is 13.4. The van der Waals surface area contributed by atoms with Crippen molar-refractivity contribution in [2.24, 2.45) is 0 Å². The second-order valence-electron chi connectivity index (χ2n) is 5.55. The van der Waals surface area contributed by atoms with Crippen molar-refractivity contribution in [3.8, 4) is 17.7 Å². The Morgan fingerprint density at radius 2 is 2.17 bits per heavy atom. The maximum absolute atomic E-state index is 13.3. The van der Waals surface area contributed by atoms with Crippen LogP contribution in [0.1, 0.15) is 17.0 Å². The van der Waals surface area contributed by atoms with Gasteiger partial charge in [0, 0.05) is 19.2 Å². The Hall–Kier alpha value is -3.20. The molecule has 0 amide bonds. The number of rotatable bonds is 2. The lowest BCUT2D eigenvalue weighted by atomic mass is 10.1.